The molecule has 1 aliphatic rings. The molecule has 1 fully saturated rings. The van der Waals surface area contributed by atoms with Crippen LogP contribution in [0.5, 0.6) is 0 Å². The lowest BCUT2D eigenvalue weighted by atomic mass is 9.90. The van der Waals surface area contributed by atoms with Crippen molar-refractivity contribution in [3.63, 3.8) is 0 Å². The maximum atomic E-state index is 6.14. The Labute approximate surface area is 120 Å². The topological polar surface area (TPSA) is 32.5 Å². The van der Waals surface area contributed by atoms with Gasteiger partial charge in [0.15, 0.2) is 0 Å². The molecular weight excluding hydrogens is 234 g/mol. The molecule has 1 saturated carbocycles. The average molecular weight is 269 g/mol. The van der Waals surface area contributed by atoms with Crippen LogP contribution in [0.4, 0.5) is 0 Å². The molecule has 2 N–H and O–H groups in total. The maximum Gasteiger partial charge on any atom is 0.0249 e. The zero-order chi connectivity index (χ0) is 14.3. The van der Waals surface area contributed by atoms with E-state index < -0.39 is 0 Å². The van der Waals surface area contributed by atoms with Crippen molar-refractivity contribution >= 4 is 0 Å². The summed E-state index contributed by atoms with van der Waals surface area (Å²) in [5.41, 5.74) is 6.14. The number of hydrogen-bond donors (Lipinski definition) is 1. The van der Waals surface area contributed by atoms with Gasteiger partial charge in [0.1, 0.15) is 0 Å². The Kier molecular flexibility index (Phi) is 7.96. The molecule has 2 atom stereocenters. The molecule has 0 aromatic rings. The first kappa shape index (κ1) is 16.9. The molecule has 0 spiro atoms. The standard InChI is InChI=1S/C16H35N3/c1-5-19(14(2)13-18(3)4)16(12-17)15-10-8-6-7-9-11-15/h14-16H,5-13,17H2,1-4H3. The smallest absolute Gasteiger partial charge is 0.0249 e. The van der Waals surface area contributed by atoms with Crippen LogP contribution in [0, 0.1) is 5.92 Å². The van der Waals surface area contributed by atoms with E-state index in [2.05, 4.69) is 37.7 Å². The first-order valence-electron chi connectivity index (χ1n) is 8.20. The predicted octanol–water partition coefficient (Wildman–Crippen LogP) is 2.56. The Balaban J connectivity index is 2.67. The molecule has 114 valence electrons. The van der Waals surface area contributed by atoms with Gasteiger partial charge < -0.3 is 10.6 Å². The lowest BCUT2D eigenvalue weighted by molar-refractivity contribution is 0.0871. The first-order valence-corrected chi connectivity index (χ1v) is 8.20. The Morgan fingerprint density at radius 3 is 2.11 bits per heavy atom. The summed E-state index contributed by atoms with van der Waals surface area (Å²) in [5, 5.41) is 0. The van der Waals surface area contributed by atoms with E-state index >= 15 is 0 Å². The fourth-order valence-electron chi connectivity index (χ4n) is 3.80. The summed E-state index contributed by atoms with van der Waals surface area (Å²) in [4.78, 5) is 4.93. The van der Waals surface area contributed by atoms with Crippen LogP contribution in [0.1, 0.15) is 52.4 Å². The number of nitrogens with two attached hydrogens (primary N) is 1. The third kappa shape index (κ3) is 5.41. The molecule has 0 aliphatic heterocycles. The Morgan fingerprint density at radius 2 is 1.68 bits per heavy atom. The summed E-state index contributed by atoms with van der Waals surface area (Å²) in [6.45, 7) is 7.69. The van der Waals surface area contributed by atoms with Gasteiger partial charge in [0.05, 0.1) is 0 Å². The van der Waals surface area contributed by atoms with Crippen LogP contribution in [0.15, 0.2) is 0 Å². The van der Waals surface area contributed by atoms with Crippen LogP contribution in [-0.4, -0.2) is 55.6 Å². The summed E-state index contributed by atoms with van der Waals surface area (Å²) in [6.07, 6.45) is 8.42. The van der Waals surface area contributed by atoms with Crippen LogP contribution < -0.4 is 5.73 Å². The second-order valence-corrected chi connectivity index (χ2v) is 6.50. The summed E-state index contributed by atoms with van der Waals surface area (Å²) in [6, 6.07) is 1.18. The van der Waals surface area contributed by atoms with E-state index in [0.717, 1.165) is 25.6 Å². The summed E-state index contributed by atoms with van der Waals surface area (Å²) in [5.74, 6) is 0.817. The zero-order valence-electron chi connectivity index (χ0n) is 13.6. The highest BCUT2D eigenvalue weighted by Crippen LogP contribution is 2.28. The van der Waals surface area contributed by atoms with Crippen molar-refractivity contribution in [3.8, 4) is 0 Å². The van der Waals surface area contributed by atoms with Gasteiger partial charge in [-0.15, -0.1) is 0 Å². The minimum atomic E-state index is 0.582. The van der Waals surface area contributed by atoms with Gasteiger partial charge >= 0.3 is 0 Å². The van der Waals surface area contributed by atoms with E-state index in [1.54, 1.807) is 0 Å². The zero-order valence-corrected chi connectivity index (χ0v) is 13.6. The van der Waals surface area contributed by atoms with Crippen molar-refractivity contribution in [1.29, 1.82) is 0 Å². The summed E-state index contributed by atoms with van der Waals surface area (Å²) >= 11 is 0. The fourth-order valence-corrected chi connectivity index (χ4v) is 3.80. The largest absolute Gasteiger partial charge is 0.329 e. The van der Waals surface area contributed by atoms with Crippen molar-refractivity contribution in [2.75, 3.05) is 33.7 Å². The molecule has 19 heavy (non-hydrogen) atoms. The van der Waals surface area contributed by atoms with E-state index in [9.17, 15) is 0 Å². The molecule has 3 heteroatoms. The van der Waals surface area contributed by atoms with E-state index in [0.29, 0.717) is 12.1 Å². The number of likely N-dealkylation sites (N-methyl/N-ethyl adjacent to an activating group) is 2. The molecule has 0 amide bonds. The van der Waals surface area contributed by atoms with Crippen LogP contribution in [0.3, 0.4) is 0 Å². The SMILES string of the molecule is CCN(C(C)CN(C)C)C(CN)C1CCCCCC1. The lowest BCUT2D eigenvalue weighted by Gasteiger charge is -2.40. The third-order valence-electron chi connectivity index (χ3n) is 4.67. The van der Waals surface area contributed by atoms with E-state index in [-0.39, 0.29) is 0 Å². The summed E-state index contributed by atoms with van der Waals surface area (Å²) < 4.78 is 0. The molecule has 1 rings (SSSR count). The molecule has 0 saturated heterocycles. The second-order valence-electron chi connectivity index (χ2n) is 6.50. The van der Waals surface area contributed by atoms with Crippen molar-refractivity contribution in [2.24, 2.45) is 11.7 Å². The van der Waals surface area contributed by atoms with E-state index in [1.165, 1.54) is 38.5 Å². The number of rotatable bonds is 7. The highest BCUT2D eigenvalue weighted by Gasteiger charge is 2.29. The molecule has 0 heterocycles. The Hall–Kier alpha value is -0.120. The molecule has 0 aromatic carbocycles. The molecule has 3 nitrogen and oxygen atoms in total. The highest BCUT2D eigenvalue weighted by molar-refractivity contribution is 4.85. The second kappa shape index (κ2) is 8.93. The molecule has 0 bridgehead atoms. The van der Waals surface area contributed by atoms with E-state index in [1.807, 2.05) is 0 Å². The van der Waals surface area contributed by atoms with Gasteiger partial charge in [-0.05, 0) is 46.3 Å². The van der Waals surface area contributed by atoms with Crippen molar-refractivity contribution < 1.29 is 0 Å². The normalized spacial score (nSPS) is 21.6. The predicted molar refractivity (Wildman–Crippen MR) is 84.4 cm³/mol. The first-order chi connectivity index (χ1) is 9.10. The monoisotopic (exact) mass is 269 g/mol. The maximum absolute atomic E-state index is 6.14. The average Bonchev–Trinajstić information content (AvgIpc) is 2.63. The number of hydrogen-bond acceptors (Lipinski definition) is 3. The van der Waals surface area contributed by atoms with Crippen molar-refractivity contribution in [3.05, 3.63) is 0 Å². The number of nitrogens with zero attached hydrogens (tertiary/aromatic N) is 2. The van der Waals surface area contributed by atoms with Gasteiger partial charge in [-0.25, -0.2) is 0 Å². The quantitative estimate of drug-likeness (QED) is 0.721. The molecule has 0 radical (unpaired) electrons. The Morgan fingerprint density at radius 1 is 1.11 bits per heavy atom. The van der Waals surface area contributed by atoms with Crippen LogP contribution in [0.2, 0.25) is 0 Å². The Bertz CT molecular complexity index is 222. The van der Waals surface area contributed by atoms with Crippen LogP contribution >= 0.6 is 0 Å². The molecular formula is C16H35N3. The van der Waals surface area contributed by atoms with Crippen molar-refractivity contribution in [2.45, 2.75) is 64.5 Å². The highest BCUT2D eigenvalue weighted by atomic mass is 15.2. The molecule has 2 unspecified atom stereocenters. The van der Waals surface area contributed by atoms with Gasteiger partial charge in [-0.2, -0.15) is 0 Å². The lowest BCUT2D eigenvalue weighted by Crippen LogP contribution is -2.52. The van der Waals surface area contributed by atoms with Gasteiger partial charge in [0.25, 0.3) is 0 Å². The summed E-state index contributed by atoms with van der Waals surface area (Å²) in [7, 11) is 4.32. The van der Waals surface area contributed by atoms with Gasteiger partial charge in [0.2, 0.25) is 0 Å². The van der Waals surface area contributed by atoms with Crippen molar-refractivity contribution in [1.82, 2.24) is 9.80 Å². The molecule has 1 aliphatic carbocycles. The van der Waals surface area contributed by atoms with Gasteiger partial charge in [-0.1, -0.05) is 32.6 Å². The fraction of sp³-hybridized carbons (Fsp3) is 1.00. The third-order valence-corrected chi connectivity index (χ3v) is 4.67. The minimum absolute atomic E-state index is 0.582. The van der Waals surface area contributed by atoms with E-state index in [4.69, 9.17) is 5.73 Å². The molecule has 0 aromatic heterocycles. The van der Waals surface area contributed by atoms with Gasteiger partial charge in [-0.3, -0.25) is 4.90 Å². The van der Waals surface area contributed by atoms with Crippen LogP contribution in [0.25, 0.3) is 0 Å². The van der Waals surface area contributed by atoms with Crippen LogP contribution in [-0.2, 0) is 0 Å². The van der Waals surface area contributed by atoms with Gasteiger partial charge in [0, 0.05) is 25.2 Å². The minimum Gasteiger partial charge on any atom is -0.329 e.